The van der Waals surface area contributed by atoms with Crippen LogP contribution in [0.15, 0.2) is 24.3 Å². The summed E-state index contributed by atoms with van der Waals surface area (Å²) in [6.07, 6.45) is 1.13. The number of rotatable bonds is 10. The average molecular weight is 293 g/mol. The van der Waals surface area contributed by atoms with Crippen molar-refractivity contribution in [3.63, 3.8) is 0 Å². The Morgan fingerprint density at radius 2 is 1.81 bits per heavy atom. The monoisotopic (exact) mass is 293 g/mol. The third-order valence-corrected chi connectivity index (χ3v) is 3.99. The summed E-state index contributed by atoms with van der Waals surface area (Å²) in [4.78, 5) is 0. The maximum atomic E-state index is 5.90. The van der Waals surface area contributed by atoms with Gasteiger partial charge in [0.2, 0.25) is 0 Å². The molecule has 0 saturated heterocycles. The van der Waals surface area contributed by atoms with E-state index in [-0.39, 0.29) is 0 Å². The molecule has 21 heavy (non-hydrogen) atoms. The van der Waals surface area contributed by atoms with E-state index >= 15 is 0 Å². The van der Waals surface area contributed by atoms with Crippen molar-refractivity contribution in [2.75, 3.05) is 26.9 Å². The minimum absolute atomic E-state index is 0.323. The van der Waals surface area contributed by atoms with Gasteiger partial charge in [0.25, 0.3) is 0 Å². The molecular weight excluding hydrogens is 262 g/mol. The molecule has 0 saturated carbocycles. The molecule has 120 valence electrons. The zero-order valence-electron chi connectivity index (χ0n) is 14.2. The van der Waals surface area contributed by atoms with Crippen molar-refractivity contribution < 1.29 is 9.47 Å². The van der Waals surface area contributed by atoms with Crippen molar-refractivity contribution in [2.24, 2.45) is 11.8 Å². The van der Waals surface area contributed by atoms with Crippen LogP contribution in [0.3, 0.4) is 0 Å². The van der Waals surface area contributed by atoms with E-state index in [1.165, 1.54) is 5.56 Å². The summed E-state index contributed by atoms with van der Waals surface area (Å²) in [5.41, 5.74) is 1.25. The molecule has 2 unspecified atom stereocenters. The van der Waals surface area contributed by atoms with Gasteiger partial charge in [0, 0.05) is 18.7 Å². The van der Waals surface area contributed by atoms with Gasteiger partial charge in [-0.25, -0.2) is 0 Å². The Labute approximate surface area is 130 Å². The van der Waals surface area contributed by atoms with Crippen LogP contribution < -0.4 is 10.1 Å². The number of benzene rings is 1. The van der Waals surface area contributed by atoms with Gasteiger partial charge in [-0.3, -0.25) is 0 Å². The van der Waals surface area contributed by atoms with E-state index in [4.69, 9.17) is 9.47 Å². The van der Waals surface area contributed by atoms with Crippen LogP contribution in [0.25, 0.3) is 0 Å². The Morgan fingerprint density at radius 3 is 2.43 bits per heavy atom. The molecule has 0 aliphatic rings. The van der Waals surface area contributed by atoms with Crippen LogP contribution in [0.1, 0.15) is 45.7 Å². The molecule has 0 bridgehead atoms. The second-order valence-corrected chi connectivity index (χ2v) is 5.91. The van der Waals surface area contributed by atoms with E-state index in [0.29, 0.717) is 31.1 Å². The summed E-state index contributed by atoms with van der Waals surface area (Å²) in [5.74, 6) is 2.13. The van der Waals surface area contributed by atoms with Crippen LogP contribution in [-0.2, 0) is 4.74 Å². The van der Waals surface area contributed by atoms with Crippen LogP contribution in [0.5, 0.6) is 5.75 Å². The first-order valence-corrected chi connectivity index (χ1v) is 8.05. The maximum absolute atomic E-state index is 5.90. The van der Waals surface area contributed by atoms with E-state index in [1.807, 2.05) is 6.07 Å². The Morgan fingerprint density at radius 1 is 1.10 bits per heavy atom. The van der Waals surface area contributed by atoms with Crippen molar-refractivity contribution in [3.8, 4) is 5.75 Å². The van der Waals surface area contributed by atoms with Crippen molar-refractivity contribution in [1.82, 2.24) is 5.32 Å². The van der Waals surface area contributed by atoms with Crippen molar-refractivity contribution in [1.29, 1.82) is 0 Å². The topological polar surface area (TPSA) is 30.5 Å². The highest BCUT2D eigenvalue weighted by Crippen LogP contribution is 2.33. The summed E-state index contributed by atoms with van der Waals surface area (Å²) < 4.78 is 11.0. The van der Waals surface area contributed by atoms with E-state index in [9.17, 15) is 0 Å². The lowest BCUT2D eigenvalue weighted by Gasteiger charge is -2.30. The minimum atomic E-state index is 0.323. The van der Waals surface area contributed by atoms with Gasteiger partial charge in [-0.05, 0) is 30.9 Å². The molecule has 0 fully saturated rings. The molecule has 0 radical (unpaired) electrons. The number of hydrogen-bond donors (Lipinski definition) is 1. The molecule has 3 heteroatoms. The van der Waals surface area contributed by atoms with Crippen molar-refractivity contribution >= 4 is 0 Å². The highest BCUT2D eigenvalue weighted by atomic mass is 16.5. The molecule has 0 aliphatic heterocycles. The van der Waals surface area contributed by atoms with Crippen LogP contribution in [0.4, 0.5) is 0 Å². The van der Waals surface area contributed by atoms with Crippen molar-refractivity contribution in [2.45, 2.75) is 40.2 Å². The number of para-hydroxylation sites is 1. The Hall–Kier alpha value is -1.06. The number of ether oxygens (including phenoxy) is 2. The predicted octanol–water partition coefficient (Wildman–Crippen LogP) is 4.04. The van der Waals surface area contributed by atoms with Gasteiger partial charge >= 0.3 is 0 Å². The van der Waals surface area contributed by atoms with Gasteiger partial charge in [-0.15, -0.1) is 0 Å². The number of hydrogen-bond acceptors (Lipinski definition) is 3. The highest BCUT2D eigenvalue weighted by molar-refractivity contribution is 5.36. The molecule has 2 atom stereocenters. The molecule has 0 amide bonds. The minimum Gasteiger partial charge on any atom is -0.491 e. The summed E-state index contributed by atoms with van der Waals surface area (Å²) >= 11 is 0. The lowest BCUT2D eigenvalue weighted by Crippen LogP contribution is -2.30. The first-order chi connectivity index (χ1) is 10.1. The molecule has 1 rings (SSSR count). The van der Waals surface area contributed by atoms with Crippen LogP contribution in [0, 0.1) is 11.8 Å². The fourth-order valence-corrected chi connectivity index (χ4v) is 2.37. The molecule has 1 aromatic carbocycles. The predicted molar refractivity (Wildman–Crippen MR) is 88.8 cm³/mol. The number of methoxy groups -OCH3 is 1. The van der Waals surface area contributed by atoms with Crippen LogP contribution >= 0.6 is 0 Å². The lowest BCUT2D eigenvalue weighted by molar-refractivity contribution is 0.144. The van der Waals surface area contributed by atoms with Gasteiger partial charge in [0.05, 0.1) is 6.61 Å². The average Bonchev–Trinajstić information content (AvgIpc) is 2.49. The van der Waals surface area contributed by atoms with Gasteiger partial charge < -0.3 is 14.8 Å². The van der Waals surface area contributed by atoms with Gasteiger partial charge in [-0.1, -0.05) is 45.9 Å². The zero-order valence-corrected chi connectivity index (χ0v) is 14.2. The molecular formula is C18H31NO2. The highest BCUT2D eigenvalue weighted by Gasteiger charge is 2.24. The molecule has 1 N–H and O–H groups in total. The summed E-state index contributed by atoms with van der Waals surface area (Å²) in [6.45, 7) is 11.3. The third-order valence-electron chi connectivity index (χ3n) is 3.99. The second-order valence-electron chi connectivity index (χ2n) is 5.91. The quantitative estimate of drug-likeness (QED) is 0.660. The van der Waals surface area contributed by atoms with E-state index in [0.717, 1.165) is 18.7 Å². The Balaban J connectivity index is 2.94. The molecule has 1 aromatic rings. The number of nitrogens with one attached hydrogen (secondary N) is 1. The van der Waals surface area contributed by atoms with Crippen molar-refractivity contribution in [3.05, 3.63) is 29.8 Å². The van der Waals surface area contributed by atoms with Crippen LogP contribution in [-0.4, -0.2) is 26.9 Å². The summed E-state index contributed by atoms with van der Waals surface area (Å²) in [6, 6.07) is 8.67. The van der Waals surface area contributed by atoms with E-state index in [1.54, 1.807) is 7.11 Å². The summed E-state index contributed by atoms with van der Waals surface area (Å²) in [7, 11) is 1.70. The molecule has 0 aliphatic carbocycles. The van der Waals surface area contributed by atoms with Gasteiger partial charge in [0.15, 0.2) is 0 Å². The molecule has 0 aromatic heterocycles. The fraction of sp³-hybridized carbons (Fsp3) is 0.667. The SMILES string of the molecule is CCCNC(c1ccccc1OCCOC)C(C)C(C)C. The van der Waals surface area contributed by atoms with Crippen LogP contribution in [0.2, 0.25) is 0 Å². The van der Waals surface area contributed by atoms with Gasteiger partial charge in [-0.2, -0.15) is 0 Å². The molecule has 3 nitrogen and oxygen atoms in total. The largest absolute Gasteiger partial charge is 0.491 e. The molecule has 0 spiro atoms. The summed E-state index contributed by atoms with van der Waals surface area (Å²) in [5, 5.41) is 3.69. The second kappa shape index (κ2) is 9.80. The Bertz CT molecular complexity index is 393. The first-order valence-electron chi connectivity index (χ1n) is 8.05. The standard InChI is InChI=1S/C18H31NO2/c1-6-11-19-18(15(4)14(2)3)16-9-7-8-10-17(16)21-13-12-20-5/h7-10,14-15,18-19H,6,11-13H2,1-5H3. The third kappa shape index (κ3) is 5.68. The Kier molecular flexibility index (Phi) is 8.40. The zero-order chi connectivity index (χ0) is 15.7. The lowest BCUT2D eigenvalue weighted by atomic mass is 9.85. The van der Waals surface area contributed by atoms with Gasteiger partial charge in [0.1, 0.15) is 12.4 Å². The first kappa shape index (κ1) is 18.0. The maximum Gasteiger partial charge on any atom is 0.124 e. The van der Waals surface area contributed by atoms with E-state index < -0.39 is 0 Å². The molecule has 0 heterocycles. The smallest absolute Gasteiger partial charge is 0.124 e. The van der Waals surface area contributed by atoms with E-state index in [2.05, 4.69) is 51.2 Å². The normalized spacial score (nSPS) is 14.2. The fourth-order valence-electron chi connectivity index (χ4n) is 2.37.